The van der Waals surface area contributed by atoms with Gasteiger partial charge in [-0.2, -0.15) is 0 Å². The van der Waals surface area contributed by atoms with Gasteiger partial charge in [-0.05, 0) is 104 Å². The van der Waals surface area contributed by atoms with Crippen LogP contribution in [0.2, 0.25) is 0 Å². The zero-order valence-corrected chi connectivity index (χ0v) is 20.7. The highest BCUT2D eigenvalue weighted by Gasteiger charge is 2.57. The SMILES string of the molecule is C[C@]12CCC3c4ccc(O)cc4CCC3C1C[C@H](CCCNC(=O)[C@@H](N)CCC(=O)O)[C@@H]2O.Cl. The van der Waals surface area contributed by atoms with Crippen molar-refractivity contribution >= 4 is 24.3 Å². The first-order chi connectivity index (χ1) is 15.7. The summed E-state index contributed by atoms with van der Waals surface area (Å²) in [4.78, 5) is 22.7. The number of halogens is 1. The number of aliphatic hydroxyl groups excluding tert-OH is 1. The quantitative estimate of drug-likeness (QED) is 0.352. The maximum atomic E-state index is 12.1. The van der Waals surface area contributed by atoms with E-state index in [1.165, 1.54) is 11.1 Å². The van der Waals surface area contributed by atoms with Crippen LogP contribution in [-0.2, 0) is 16.0 Å². The van der Waals surface area contributed by atoms with E-state index < -0.39 is 12.0 Å². The second-order valence-corrected chi connectivity index (χ2v) is 10.8. The molecule has 190 valence electrons. The number of nitrogens with two attached hydrogens (primary N) is 1. The van der Waals surface area contributed by atoms with Crippen LogP contribution in [0.3, 0.4) is 0 Å². The molecule has 0 heterocycles. The van der Waals surface area contributed by atoms with Gasteiger partial charge in [-0.15, -0.1) is 12.4 Å². The number of carboxylic acids is 1. The van der Waals surface area contributed by atoms with Crippen molar-refractivity contribution in [2.75, 3.05) is 6.54 Å². The number of aryl methyl sites for hydroxylation is 1. The van der Waals surface area contributed by atoms with Crippen LogP contribution in [0.15, 0.2) is 18.2 Å². The second-order valence-electron chi connectivity index (χ2n) is 10.8. The third kappa shape index (κ3) is 5.21. The predicted molar refractivity (Wildman–Crippen MR) is 132 cm³/mol. The molecule has 4 rings (SSSR count). The van der Waals surface area contributed by atoms with Crippen LogP contribution in [0.4, 0.5) is 0 Å². The van der Waals surface area contributed by atoms with Crippen molar-refractivity contribution in [2.24, 2.45) is 28.9 Å². The standard InChI is InChI=1S/C26H38N2O5.ClH/c1-26-11-10-19-18-7-5-17(29)13-15(18)4-6-20(19)21(26)14-16(24(26)32)3-2-12-28-25(33)22(27)8-9-23(30)31;/h5,7,13,16,19-22,24,29,32H,2-4,6,8-12,14,27H2,1H3,(H,28,33)(H,30,31);1H/t16-,19?,20?,21?,22-,24-,26-;/m0./s1. The third-order valence-electron chi connectivity index (χ3n) is 8.88. The molecule has 7 nitrogen and oxygen atoms in total. The Kier molecular flexibility index (Phi) is 8.53. The van der Waals surface area contributed by atoms with Gasteiger partial charge < -0.3 is 26.4 Å². The summed E-state index contributed by atoms with van der Waals surface area (Å²) in [6.45, 7) is 2.77. The molecule has 3 aliphatic rings. The Morgan fingerprint density at radius 1 is 1.29 bits per heavy atom. The highest BCUT2D eigenvalue weighted by molar-refractivity contribution is 5.85. The maximum absolute atomic E-state index is 12.1. The fourth-order valence-corrected chi connectivity index (χ4v) is 7.11. The number of hydrogen-bond donors (Lipinski definition) is 5. The molecule has 1 aromatic carbocycles. The number of aliphatic carboxylic acids is 1. The van der Waals surface area contributed by atoms with E-state index in [9.17, 15) is 19.8 Å². The summed E-state index contributed by atoms with van der Waals surface area (Å²) in [7, 11) is 0. The van der Waals surface area contributed by atoms with Crippen molar-refractivity contribution in [1.82, 2.24) is 5.32 Å². The minimum absolute atomic E-state index is 0. The molecule has 0 aliphatic heterocycles. The van der Waals surface area contributed by atoms with E-state index in [4.69, 9.17) is 10.8 Å². The number of benzene rings is 1. The van der Waals surface area contributed by atoms with E-state index >= 15 is 0 Å². The average molecular weight is 495 g/mol. The highest BCUT2D eigenvalue weighted by Crippen LogP contribution is 2.62. The van der Waals surface area contributed by atoms with E-state index in [-0.39, 0.29) is 48.6 Å². The van der Waals surface area contributed by atoms with Gasteiger partial charge in [0.15, 0.2) is 0 Å². The zero-order chi connectivity index (χ0) is 23.8. The lowest BCUT2D eigenvalue weighted by atomic mass is 9.55. The fourth-order valence-electron chi connectivity index (χ4n) is 7.11. The number of phenolic OH excluding ortho intramolecular Hbond substituents is 1. The second kappa shape index (κ2) is 10.8. The highest BCUT2D eigenvalue weighted by atomic mass is 35.5. The molecule has 1 aromatic rings. The minimum Gasteiger partial charge on any atom is -0.508 e. The van der Waals surface area contributed by atoms with Crippen LogP contribution in [-0.4, -0.2) is 45.9 Å². The van der Waals surface area contributed by atoms with Crippen LogP contribution in [0.5, 0.6) is 5.75 Å². The van der Waals surface area contributed by atoms with Crippen LogP contribution < -0.4 is 11.1 Å². The minimum atomic E-state index is -0.953. The van der Waals surface area contributed by atoms with Gasteiger partial charge in [0.1, 0.15) is 5.75 Å². The summed E-state index contributed by atoms with van der Waals surface area (Å²) >= 11 is 0. The normalized spacial score (nSPS) is 32.5. The molecule has 2 saturated carbocycles. The lowest BCUT2D eigenvalue weighted by Gasteiger charge is -2.50. The number of carboxylic acid groups (broad SMARTS) is 1. The van der Waals surface area contributed by atoms with E-state index in [0.717, 1.165) is 44.9 Å². The van der Waals surface area contributed by atoms with Gasteiger partial charge in [0.2, 0.25) is 5.91 Å². The summed E-state index contributed by atoms with van der Waals surface area (Å²) in [6, 6.07) is 5.04. The van der Waals surface area contributed by atoms with Crippen molar-refractivity contribution in [2.45, 2.75) is 82.8 Å². The van der Waals surface area contributed by atoms with Crippen molar-refractivity contribution in [3.05, 3.63) is 29.3 Å². The molecule has 0 aromatic heterocycles. The Balaban J connectivity index is 0.00000324. The number of amides is 1. The summed E-state index contributed by atoms with van der Waals surface area (Å²) < 4.78 is 0. The Bertz CT molecular complexity index is 896. The average Bonchev–Trinajstić information content (AvgIpc) is 3.04. The predicted octanol–water partition coefficient (Wildman–Crippen LogP) is 3.35. The first-order valence-electron chi connectivity index (χ1n) is 12.5. The Labute approximate surface area is 207 Å². The number of hydrogen-bond acceptors (Lipinski definition) is 5. The zero-order valence-electron chi connectivity index (χ0n) is 19.9. The van der Waals surface area contributed by atoms with Gasteiger partial charge in [-0.1, -0.05) is 13.0 Å². The number of aromatic hydroxyl groups is 1. The summed E-state index contributed by atoms with van der Waals surface area (Å²) in [5.41, 5.74) is 8.39. The molecule has 6 N–H and O–H groups in total. The molecular formula is C26H39ClN2O5. The number of aliphatic hydroxyl groups is 1. The van der Waals surface area contributed by atoms with Crippen LogP contribution in [0.1, 0.15) is 75.3 Å². The molecule has 0 radical (unpaired) electrons. The number of rotatable bonds is 8. The Morgan fingerprint density at radius 3 is 2.79 bits per heavy atom. The number of phenols is 1. The van der Waals surface area contributed by atoms with Gasteiger partial charge in [-0.25, -0.2) is 0 Å². The van der Waals surface area contributed by atoms with Gasteiger partial charge >= 0.3 is 5.97 Å². The van der Waals surface area contributed by atoms with Crippen molar-refractivity contribution in [3.63, 3.8) is 0 Å². The lowest BCUT2D eigenvalue weighted by Crippen LogP contribution is -2.44. The van der Waals surface area contributed by atoms with E-state index in [1.54, 1.807) is 0 Å². The molecule has 1 amide bonds. The van der Waals surface area contributed by atoms with E-state index in [2.05, 4.69) is 18.3 Å². The molecular weight excluding hydrogens is 456 g/mol. The van der Waals surface area contributed by atoms with Gasteiger partial charge in [0.25, 0.3) is 0 Å². The van der Waals surface area contributed by atoms with Crippen molar-refractivity contribution < 1.29 is 24.9 Å². The molecule has 3 unspecified atom stereocenters. The summed E-state index contributed by atoms with van der Waals surface area (Å²) in [5.74, 6) is 0.912. The Morgan fingerprint density at radius 2 is 2.06 bits per heavy atom. The first kappa shape index (κ1) is 26.8. The molecule has 2 fully saturated rings. The summed E-state index contributed by atoms with van der Waals surface area (Å²) in [6.07, 6.45) is 6.58. The Hall–Kier alpha value is -1.83. The van der Waals surface area contributed by atoms with Crippen LogP contribution in [0.25, 0.3) is 0 Å². The largest absolute Gasteiger partial charge is 0.508 e. The summed E-state index contributed by atoms with van der Waals surface area (Å²) in [5, 5.41) is 32.7. The number of carbonyl (C=O) groups excluding carboxylic acids is 1. The number of fused-ring (bicyclic) bond motifs is 5. The smallest absolute Gasteiger partial charge is 0.303 e. The number of carbonyl (C=O) groups is 2. The van der Waals surface area contributed by atoms with Gasteiger partial charge in [0, 0.05) is 13.0 Å². The van der Waals surface area contributed by atoms with Crippen molar-refractivity contribution in [1.29, 1.82) is 0 Å². The van der Waals surface area contributed by atoms with Gasteiger partial charge in [0.05, 0.1) is 12.1 Å². The molecule has 34 heavy (non-hydrogen) atoms. The monoisotopic (exact) mass is 494 g/mol. The fraction of sp³-hybridized carbons (Fsp3) is 0.692. The molecule has 0 saturated heterocycles. The molecule has 3 aliphatic carbocycles. The molecule has 0 spiro atoms. The lowest BCUT2D eigenvalue weighted by molar-refractivity contribution is -0.137. The van der Waals surface area contributed by atoms with Crippen LogP contribution >= 0.6 is 12.4 Å². The third-order valence-corrected chi connectivity index (χ3v) is 8.88. The molecule has 8 heteroatoms. The topological polar surface area (TPSA) is 133 Å². The van der Waals surface area contributed by atoms with E-state index in [1.807, 2.05) is 12.1 Å². The first-order valence-corrected chi connectivity index (χ1v) is 12.5. The van der Waals surface area contributed by atoms with Crippen LogP contribution in [0, 0.1) is 23.2 Å². The van der Waals surface area contributed by atoms with Gasteiger partial charge in [-0.3, -0.25) is 9.59 Å². The van der Waals surface area contributed by atoms with Crippen molar-refractivity contribution in [3.8, 4) is 5.75 Å². The number of nitrogens with one attached hydrogen (secondary N) is 1. The van der Waals surface area contributed by atoms with E-state index in [0.29, 0.717) is 30.0 Å². The maximum Gasteiger partial charge on any atom is 0.303 e. The molecule has 7 atom stereocenters. The molecule has 0 bridgehead atoms.